The second-order valence-corrected chi connectivity index (χ2v) is 9.71. The second kappa shape index (κ2) is 13.7. The van der Waals surface area contributed by atoms with Gasteiger partial charge in [-0.05, 0) is 31.0 Å². The van der Waals surface area contributed by atoms with Gasteiger partial charge in [-0.3, -0.25) is 14.4 Å². The summed E-state index contributed by atoms with van der Waals surface area (Å²) in [5, 5.41) is 37.8. The normalized spacial score (nSPS) is 15.7. The highest BCUT2D eigenvalue weighted by Crippen LogP contribution is 2.19. The van der Waals surface area contributed by atoms with Crippen molar-refractivity contribution in [3.8, 4) is 0 Å². The Morgan fingerprint density at radius 1 is 0.800 bits per heavy atom. The Labute approximate surface area is 231 Å². The van der Waals surface area contributed by atoms with E-state index in [1.165, 1.54) is 13.8 Å². The number of aliphatic hydroxyl groups is 2. The van der Waals surface area contributed by atoms with Gasteiger partial charge in [0.2, 0.25) is 17.7 Å². The lowest BCUT2D eigenvalue weighted by molar-refractivity contribution is -0.142. The van der Waals surface area contributed by atoms with Crippen LogP contribution < -0.4 is 21.7 Å². The molecule has 214 valence electrons. The van der Waals surface area contributed by atoms with Crippen molar-refractivity contribution in [1.29, 1.82) is 0 Å². The Hall–Kier alpha value is -4.26. The molecule has 0 radical (unpaired) electrons. The third-order valence-corrected chi connectivity index (χ3v) is 6.51. The van der Waals surface area contributed by atoms with E-state index < -0.39 is 60.1 Å². The molecule has 3 aromatic rings. The molecule has 0 fully saturated rings. The Balaban J connectivity index is 1.81. The van der Waals surface area contributed by atoms with E-state index in [1.54, 1.807) is 36.5 Å². The van der Waals surface area contributed by atoms with Gasteiger partial charge in [-0.2, -0.15) is 0 Å². The molecule has 0 bridgehead atoms. The van der Waals surface area contributed by atoms with Crippen molar-refractivity contribution in [3.63, 3.8) is 0 Å². The van der Waals surface area contributed by atoms with Crippen LogP contribution in [0, 0.1) is 0 Å². The molecule has 3 rings (SSSR count). The van der Waals surface area contributed by atoms with Crippen LogP contribution in [0.5, 0.6) is 0 Å². The van der Waals surface area contributed by atoms with Crippen molar-refractivity contribution in [2.24, 2.45) is 5.73 Å². The van der Waals surface area contributed by atoms with Crippen molar-refractivity contribution in [1.82, 2.24) is 20.9 Å². The number of aliphatic carboxylic acids is 1. The molecule has 12 nitrogen and oxygen atoms in total. The van der Waals surface area contributed by atoms with Crippen LogP contribution in [-0.2, 0) is 32.0 Å². The molecule has 1 heterocycles. The molecule has 0 saturated carbocycles. The monoisotopic (exact) mass is 553 g/mol. The number of carbonyl (C=O) groups excluding carboxylic acids is 3. The predicted molar refractivity (Wildman–Crippen MR) is 147 cm³/mol. The Morgan fingerprint density at radius 2 is 1.43 bits per heavy atom. The summed E-state index contributed by atoms with van der Waals surface area (Å²) in [4.78, 5) is 54.1. The Morgan fingerprint density at radius 3 is 2.05 bits per heavy atom. The fraction of sp³-hybridized carbons (Fsp3) is 0.357. The number of nitrogens with one attached hydrogen (secondary N) is 4. The van der Waals surface area contributed by atoms with Gasteiger partial charge in [-0.15, -0.1) is 0 Å². The van der Waals surface area contributed by atoms with Gasteiger partial charge in [0.15, 0.2) is 0 Å². The zero-order valence-corrected chi connectivity index (χ0v) is 22.2. The number of para-hydroxylation sites is 1. The molecule has 6 unspecified atom stereocenters. The second-order valence-electron chi connectivity index (χ2n) is 9.71. The van der Waals surface area contributed by atoms with Gasteiger partial charge in [0.05, 0.1) is 12.2 Å². The quantitative estimate of drug-likeness (QED) is 0.139. The van der Waals surface area contributed by atoms with Crippen LogP contribution in [0.15, 0.2) is 60.8 Å². The number of rotatable bonds is 13. The van der Waals surface area contributed by atoms with Gasteiger partial charge in [-0.25, -0.2) is 4.79 Å². The lowest BCUT2D eigenvalue weighted by Gasteiger charge is -2.27. The largest absolute Gasteiger partial charge is 0.480 e. The van der Waals surface area contributed by atoms with Gasteiger partial charge in [-0.1, -0.05) is 48.5 Å². The minimum absolute atomic E-state index is 0.00546. The molecule has 2 aromatic carbocycles. The number of nitrogens with two attached hydrogens (primary N) is 1. The van der Waals surface area contributed by atoms with Gasteiger partial charge >= 0.3 is 5.97 Å². The van der Waals surface area contributed by atoms with E-state index in [0.717, 1.165) is 10.9 Å². The SMILES string of the molecule is CC(O)C(N)C(=O)NC(C(=O)NC(Cc1ccccc1)C(=O)NC(Cc1c[nH]c2ccccc12)C(=O)O)C(C)O. The molecule has 0 aliphatic heterocycles. The third-order valence-electron chi connectivity index (χ3n) is 6.51. The number of aliphatic hydroxyl groups excluding tert-OH is 2. The molecule has 0 aliphatic rings. The number of hydrogen-bond acceptors (Lipinski definition) is 7. The molecule has 6 atom stereocenters. The van der Waals surface area contributed by atoms with Gasteiger partial charge in [0.1, 0.15) is 24.2 Å². The van der Waals surface area contributed by atoms with E-state index in [1.807, 2.05) is 24.3 Å². The van der Waals surface area contributed by atoms with Crippen molar-refractivity contribution in [3.05, 3.63) is 71.9 Å². The predicted octanol–water partition coefficient (Wildman–Crippen LogP) is -0.419. The average Bonchev–Trinajstić information content (AvgIpc) is 3.33. The molecule has 0 spiro atoms. The molecule has 0 aliphatic carbocycles. The number of aromatic nitrogens is 1. The van der Waals surface area contributed by atoms with Crippen molar-refractivity contribution in [2.45, 2.75) is 63.1 Å². The van der Waals surface area contributed by atoms with E-state index in [4.69, 9.17) is 5.73 Å². The van der Waals surface area contributed by atoms with Gasteiger partial charge in [0, 0.05) is 29.9 Å². The number of carbonyl (C=O) groups is 4. The highest BCUT2D eigenvalue weighted by molar-refractivity contribution is 5.95. The summed E-state index contributed by atoms with van der Waals surface area (Å²) >= 11 is 0. The van der Waals surface area contributed by atoms with Crippen LogP contribution in [0.1, 0.15) is 25.0 Å². The van der Waals surface area contributed by atoms with E-state index in [-0.39, 0.29) is 12.8 Å². The standard InChI is InChI=1S/C28H35N5O7/c1-15(34)23(29)26(37)33-24(16(2)35)27(38)31-21(12-17-8-4-3-5-9-17)25(36)32-22(28(39)40)13-18-14-30-20-11-7-6-10-19(18)20/h3-11,14-16,21-24,30,34-35H,12-13,29H2,1-2H3,(H,31,38)(H,32,36)(H,33,37)(H,39,40). The molecular weight excluding hydrogens is 518 g/mol. The van der Waals surface area contributed by atoms with Crippen LogP contribution in [0.2, 0.25) is 0 Å². The average molecular weight is 554 g/mol. The third kappa shape index (κ3) is 7.88. The number of amides is 3. The van der Waals surface area contributed by atoms with Crippen molar-refractivity contribution < 1.29 is 34.5 Å². The molecule has 0 saturated heterocycles. The molecular formula is C28H35N5O7. The minimum Gasteiger partial charge on any atom is -0.480 e. The zero-order valence-electron chi connectivity index (χ0n) is 22.2. The van der Waals surface area contributed by atoms with Gasteiger partial charge in [0.25, 0.3) is 0 Å². The molecule has 40 heavy (non-hydrogen) atoms. The lowest BCUT2D eigenvalue weighted by atomic mass is 10.0. The Bertz CT molecular complexity index is 1320. The summed E-state index contributed by atoms with van der Waals surface area (Å²) in [5.41, 5.74) is 7.83. The first-order chi connectivity index (χ1) is 19.0. The highest BCUT2D eigenvalue weighted by Gasteiger charge is 2.33. The van der Waals surface area contributed by atoms with Crippen molar-refractivity contribution in [2.75, 3.05) is 0 Å². The van der Waals surface area contributed by atoms with E-state index in [9.17, 15) is 34.5 Å². The van der Waals surface area contributed by atoms with E-state index >= 15 is 0 Å². The van der Waals surface area contributed by atoms with Crippen LogP contribution in [0.25, 0.3) is 10.9 Å². The summed E-state index contributed by atoms with van der Waals surface area (Å²) in [6.45, 7) is 2.57. The zero-order chi connectivity index (χ0) is 29.4. The highest BCUT2D eigenvalue weighted by atomic mass is 16.4. The minimum atomic E-state index is -1.50. The maximum absolute atomic E-state index is 13.4. The van der Waals surface area contributed by atoms with Crippen LogP contribution in [-0.4, -0.2) is 80.4 Å². The summed E-state index contributed by atoms with van der Waals surface area (Å²) < 4.78 is 0. The number of benzene rings is 2. The number of carboxylic acid groups (broad SMARTS) is 1. The first-order valence-corrected chi connectivity index (χ1v) is 12.8. The summed E-state index contributed by atoms with van der Waals surface area (Å²) in [6, 6.07) is 10.7. The molecule has 1 aromatic heterocycles. The maximum Gasteiger partial charge on any atom is 0.326 e. The number of hydrogen-bond donors (Lipinski definition) is 8. The van der Waals surface area contributed by atoms with E-state index in [2.05, 4.69) is 20.9 Å². The Kier molecular flexibility index (Phi) is 10.4. The number of aromatic amines is 1. The fourth-order valence-electron chi connectivity index (χ4n) is 4.19. The van der Waals surface area contributed by atoms with E-state index in [0.29, 0.717) is 11.1 Å². The number of fused-ring (bicyclic) bond motifs is 1. The molecule has 3 amide bonds. The first-order valence-electron chi connectivity index (χ1n) is 12.8. The van der Waals surface area contributed by atoms with Crippen LogP contribution in [0.3, 0.4) is 0 Å². The smallest absolute Gasteiger partial charge is 0.326 e. The maximum atomic E-state index is 13.4. The number of carboxylic acids is 1. The molecule has 9 N–H and O–H groups in total. The first kappa shape index (κ1) is 30.3. The summed E-state index contributed by atoms with van der Waals surface area (Å²) in [5.74, 6) is -3.78. The van der Waals surface area contributed by atoms with Crippen molar-refractivity contribution >= 4 is 34.6 Å². The fourth-order valence-corrected chi connectivity index (χ4v) is 4.19. The molecule has 12 heteroatoms. The summed E-state index contributed by atoms with van der Waals surface area (Å²) in [7, 11) is 0. The van der Waals surface area contributed by atoms with Crippen LogP contribution in [0.4, 0.5) is 0 Å². The van der Waals surface area contributed by atoms with Crippen LogP contribution >= 0.6 is 0 Å². The number of H-pyrrole nitrogens is 1. The lowest BCUT2D eigenvalue weighted by Crippen LogP contribution is -2.61. The van der Waals surface area contributed by atoms with Gasteiger partial charge < -0.3 is 42.0 Å². The summed E-state index contributed by atoms with van der Waals surface area (Å²) in [6.07, 6.45) is -0.908. The topological polar surface area (TPSA) is 207 Å².